The molecular formula is C25H30N6O2. The van der Waals surface area contributed by atoms with Crippen molar-refractivity contribution in [2.24, 2.45) is 0 Å². The summed E-state index contributed by atoms with van der Waals surface area (Å²) < 4.78 is 5.79. The van der Waals surface area contributed by atoms with E-state index in [-0.39, 0.29) is 11.3 Å². The van der Waals surface area contributed by atoms with Gasteiger partial charge in [0.25, 0.3) is 5.91 Å². The molecule has 33 heavy (non-hydrogen) atoms. The Bertz CT molecular complexity index is 1120. The van der Waals surface area contributed by atoms with Crippen LogP contribution in [0.4, 0.5) is 0 Å². The molecule has 2 aromatic heterocycles. The molecule has 8 nitrogen and oxygen atoms in total. The fourth-order valence-corrected chi connectivity index (χ4v) is 4.25. The molecule has 0 spiro atoms. The minimum Gasteiger partial charge on any atom is -0.424 e. The highest BCUT2D eigenvalue weighted by molar-refractivity contribution is 5.92. The van der Waals surface area contributed by atoms with Crippen LogP contribution in [-0.2, 0) is 12.0 Å². The lowest BCUT2D eigenvalue weighted by atomic mass is 9.80. The van der Waals surface area contributed by atoms with Crippen LogP contribution >= 0.6 is 0 Å². The van der Waals surface area contributed by atoms with Gasteiger partial charge >= 0.3 is 6.01 Å². The predicted octanol–water partition coefficient (Wildman–Crippen LogP) is 3.62. The summed E-state index contributed by atoms with van der Waals surface area (Å²) >= 11 is 0. The molecule has 0 bridgehead atoms. The summed E-state index contributed by atoms with van der Waals surface area (Å²) in [4.78, 5) is 34.1. The van der Waals surface area contributed by atoms with Gasteiger partial charge in [-0.25, -0.2) is 19.9 Å². The fraction of sp³-hybridized carbons (Fsp3) is 0.400. The van der Waals surface area contributed by atoms with Crippen LogP contribution in [0.25, 0.3) is 0 Å². The summed E-state index contributed by atoms with van der Waals surface area (Å²) in [6, 6.07) is 11.9. The SMILES string of the molecule is Cc1cc(C(=O)N(C)C)nc([C@@]2(C)CCCN(Cc3cccc(Oc4ncccn4)c3)C2)n1. The van der Waals surface area contributed by atoms with E-state index in [9.17, 15) is 4.79 Å². The standard InChI is InChI=1S/C25H30N6O2/c1-18-14-21(22(32)30(3)4)29-23(28-18)25(2)10-6-13-31(17-25)16-19-8-5-9-20(15-19)33-24-26-11-7-12-27-24/h5,7-9,11-12,14-15H,6,10,13,16-17H2,1-4H3/t25-/m0/s1. The molecule has 1 fully saturated rings. The Morgan fingerprint density at radius 2 is 1.94 bits per heavy atom. The van der Waals surface area contributed by atoms with Gasteiger partial charge in [-0.1, -0.05) is 19.1 Å². The van der Waals surface area contributed by atoms with Crippen LogP contribution in [-0.4, -0.2) is 62.8 Å². The summed E-state index contributed by atoms with van der Waals surface area (Å²) in [7, 11) is 3.48. The molecule has 0 N–H and O–H groups in total. The number of amides is 1. The highest BCUT2D eigenvalue weighted by Gasteiger charge is 2.36. The molecular weight excluding hydrogens is 416 g/mol. The average Bonchev–Trinajstić information content (AvgIpc) is 2.79. The van der Waals surface area contributed by atoms with Gasteiger partial charge in [-0.15, -0.1) is 0 Å². The molecule has 0 radical (unpaired) electrons. The first-order valence-electron chi connectivity index (χ1n) is 11.2. The second-order valence-corrected chi connectivity index (χ2v) is 9.07. The van der Waals surface area contributed by atoms with Crippen molar-refractivity contribution in [3.8, 4) is 11.8 Å². The minimum absolute atomic E-state index is 0.0998. The van der Waals surface area contributed by atoms with Crippen molar-refractivity contribution in [3.05, 3.63) is 71.6 Å². The number of rotatable bonds is 6. The third kappa shape index (κ3) is 5.51. The number of benzene rings is 1. The molecule has 3 heterocycles. The predicted molar refractivity (Wildman–Crippen MR) is 125 cm³/mol. The van der Waals surface area contributed by atoms with Gasteiger partial charge in [0.1, 0.15) is 17.3 Å². The molecule has 0 aliphatic carbocycles. The average molecular weight is 447 g/mol. The molecule has 1 atom stereocenters. The number of ether oxygens (including phenoxy) is 1. The molecule has 3 aromatic rings. The summed E-state index contributed by atoms with van der Waals surface area (Å²) in [6.07, 6.45) is 5.34. The third-order valence-electron chi connectivity index (χ3n) is 5.85. The lowest BCUT2D eigenvalue weighted by Gasteiger charge is -2.39. The zero-order valence-electron chi connectivity index (χ0n) is 19.7. The molecule has 172 valence electrons. The van der Waals surface area contributed by atoms with E-state index in [1.165, 1.54) is 0 Å². The smallest absolute Gasteiger partial charge is 0.321 e. The van der Waals surface area contributed by atoms with Crippen LogP contribution in [0.3, 0.4) is 0 Å². The van der Waals surface area contributed by atoms with Crippen LogP contribution in [0.2, 0.25) is 0 Å². The summed E-state index contributed by atoms with van der Waals surface area (Å²) in [5.74, 6) is 1.36. The molecule has 0 unspecified atom stereocenters. The number of aromatic nitrogens is 4. The van der Waals surface area contributed by atoms with Gasteiger partial charge in [-0.2, -0.15) is 0 Å². The van der Waals surface area contributed by atoms with E-state index in [0.717, 1.165) is 49.6 Å². The van der Waals surface area contributed by atoms with Crippen molar-refractivity contribution >= 4 is 5.91 Å². The van der Waals surface area contributed by atoms with E-state index in [0.29, 0.717) is 17.5 Å². The highest BCUT2D eigenvalue weighted by atomic mass is 16.5. The summed E-state index contributed by atoms with van der Waals surface area (Å²) in [5, 5.41) is 0. The van der Waals surface area contributed by atoms with Crippen LogP contribution in [0.5, 0.6) is 11.8 Å². The van der Waals surface area contributed by atoms with Crippen LogP contribution in [0.1, 0.15) is 47.3 Å². The molecule has 1 amide bonds. The van der Waals surface area contributed by atoms with E-state index in [1.807, 2.05) is 25.1 Å². The van der Waals surface area contributed by atoms with E-state index in [4.69, 9.17) is 9.72 Å². The van der Waals surface area contributed by atoms with Gasteiger partial charge in [-0.3, -0.25) is 9.69 Å². The third-order valence-corrected chi connectivity index (χ3v) is 5.85. The number of hydrogen-bond acceptors (Lipinski definition) is 7. The topological polar surface area (TPSA) is 84.3 Å². The van der Waals surface area contributed by atoms with Crippen molar-refractivity contribution in [1.82, 2.24) is 29.7 Å². The first-order chi connectivity index (χ1) is 15.8. The van der Waals surface area contributed by atoms with E-state index in [2.05, 4.69) is 32.8 Å². The second kappa shape index (κ2) is 9.62. The van der Waals surface area contributed by atoms with Gasteiger partial charge in [-0.05, 0) is 56.1 Å². The molecule has 1 aliphatic rings. The Morgan fingerprint density at radius 1 is 1.15 bits per heavy atom. The first-order valence-corrected chi connectivity index (χ1v) is 11.2. The number of hydrogen-bond donors (Lipinski definition) is 0. The molecule has 1 aliphatic heterocycles. The Labute approximate surface area is 194 Å². The van der Waals surface area contributed by atoms with Crippen molar-refractivity contribution in [2.75, 3.05) is 27.2 Å². The van der Waals surface area contributed by atoms with E-state index >= 15 is 0 Å². The Morgan fingerprint density at radius 3 is 2.70 bits per heavy atom. The zero-order chi connectivity index (χ0) is 23.4. The van der Waals surface area contributed by atoms with E-state index < -0.39 is 0 Å². The van der Waals surface area contributed by atoms with Crippen molar-refractivity contribution in [2.45, 2.75) is 38.6 Å². The van der Waals surface area contributed by atoms with Gasteiger partial charge in [0.15, 0.2) is 0 Å². The van der Waals surface area contributed by atoms with Crippen molar-refractivity contribution in [1.29, 1.82) is 0 Å². The number of carbonyl (C=O) groups excluding carboxylic acids is 1. The maximum absolute atomic E-state index is 12.5. The number of nitrogens with zero attached hydrogens (tertiary/aromatic N) is 6. The lowest BCUT2D eigenvalue weighted by molar-refractivity contribution is 0.0820. The molecule has 1 aromatic carbocycles. The largest absolute Gasteiger partial charge is 0.424 e. The minimum atomic E-state index is -0.225. The number of likely N-dealkylation sites (tertiary alicyclic amines) is 1. The highest BCUT2D eigenvalue weighted by Crippen LogP contribution is 2.33. The fourth-order valence-electron chi connectivity index (χ4n) is 4.25. The van der Waals surface area contributed by atoms with Crippen LogP contribution < -0.4 is 4.74 Å². The van der Waals surface area contributed by atoms with Gasteiger partial charge in [0, 0.05) is 50.7 Å². The summed E-state index contributed by atoms with van der Waals surface area (Å²) in [5.41, 5.74) is 2.20. The lowest BCUT2D eigenvalue weighted by Crippen LogP contribution is -2.45. The number of piperidine rings is 1. The monoisotopic (exact) mass is 446 g/mol. The van der Waals surface area contributed by atoms with Gasteiger partial charge in [0.2, 0.25) is 0 Å². The summed E-state index contributed by atoms with van der Waals surface area (Å²) in [6.45, 7) is 6.72. The van der Waals surface area contributed by atoms with E-state index in [1.54, 1.807) is 43.5 Å². The Hall–Kier alpha value is -3.39. The number of carbonyl (C=O) groups is 1. The van der Waals surface area contributed by atoms with Gasteiger partial charge in [0.05, 0.1) is 0 Å². The molecule has 1 saturated heterocycles. The van der Waals surface area contributed by atoms with Crippen molar-refractivity contribution in [3.63, 3.8) is 0 Å². The van der Waals surface area contributed by atoms with Crippen molar-refractivity contribution < 1.29 is 9.53 Å². The Kier molecular flexibility index (Phi) is 6.65. The maximum Gasteiger partial charge on any atom is 0.321 e. The first kappa shape index (κ1) is 22.8. The maximum atomic E-state index is 12.5. The zero-order valence-corrected chi connectivity index (χ0v) is 19.7. The molecule has 0 saturated carbocycles. The normalized spacial score (nSPS) is 18.7. The molecule has 8 heteroatoms. The van der Waals surface area contributed by atoms with Gasteiger partial charge < -0.3 is 9.64 Å². The number of aryl methyl sites for hydroxylation is 1. The second-order valence-electron chi connectivity index (χ2n) is 9.07. The quantitative estimate of drug-likeness (QED) is 0.572. The van der Waals surface area contributed by atoms with Crippen LogP contribution in [0, 0.1) is 6.92 Å². The van der Waals surface area contributed by atoms with Crippen LogP contribution in [0.15, 0.2) is 48.8 Å². The molecule has 4 rings (SSSR count). The Balaban J connectivity index is 1.50.